The molecule has 0 aliphatic carbocycles. The maximum absolute atomic E-state index is 11.3. The Morgan fingerprint density at radius 1 is 1.29 bits per heavy atom. The van der Waals surface area contributed by atoms with Gasteiger partial charge in [0.25, 0.3) is 0 Å². The van der Waals surface area contributed by atoms with Crippen LogP contribution >= 0.6 is 0 Å². The Hall–Kier alpha value is -2.62. The van der Waals surface area contributed by atoms with Crippen LogP contribution in [0.2, 0.25) is 0 Å². The number of rotatable bonds is 7. The molecule has 10 nitrogen and oxygen atoms in total. The number of piperidine rings is 2. The average Bonchev–Trinajstić information content (AvgIpc) is 2.69. The molecular weight excluding hydrogens is 366 g/mol. The number of carboxylic acid groups (broad SMARTS) is 1. The van der Waals surface area contributed by atoms with E-state index < -0.39 is 11.0 Å². The van der Waals surface area contributed by atoms with Crippen molar-refractivity contribution in [3.05, 3.63) is 22.4 Å². The third-order valence-electron chi connectivity index (χ3n) is 5.29. The first-order chi connectivity index (χ1) is 13.5. The lowest BCUT2D eigenvalue weighted by Crippen LogP contribution is -2.41. The lowest BCUT2D eigenvalue weighted by atomic mass is 10.1. The van der Waals surface area contributed by atoms with Crippen LogP contribution < -0.4 is 10.1 Å². The first-order valence-electron chi connectivity index (χ1n) is 9.77. The summed E-state index contributed by atoms with van der Waals surface area (Å²) in [6.07, 6.45) is 5.17. The Labute approximate surface area is 163 Å². The molecule has 10 heteroatoms. The largest absolute Gasteiger partial charge is 0.476 e. The standard InChI is InChI=1S/C18H27N5O5/c24-18(25)22-8-4-14(5-9-22)20-15-12-17(19-13-16(15)23(26)27)28-11-10-21-6-2-1-3-7-21/h12-14H,1-11H2,(H,19,20)(H,24,25). The minimum Gasteiger partial charge on any atom is -0.476 e. The van der Waals surface area contributed by atoms with Crippen molar-refractivity contribution in [2.45, 2.75) is 38.1 Å². The zero-order chi connectivity index (χ0) is 19.9. The molecule has 1 aromatic rings. The lowest BCUT2D eigenvalue weighted by molar-refractivity contribution is -0.384. The lowest BCUT2D eigenvalue weighted by Gasteiger charge is -2.30. The molecule has 2 aliphatic rings. The van der Waals surface area contributed by atoms with Gasteiger partial charge in [-0.15, -0.1) is 0 Å². The minimum absolute atomic E-state index is 0.0297. The van der Waals surface area contributed by atoms with Gasteiger partial charge in [0.2, 0.25) is 5.88 Å². The van der Waals surface area contributed by atoms with Gasteiger partial charge in [-0.05, 0) is 38.8 Å². The van der Waals surface area contributed by atoms with Gasteiger partial charge in [0.15, 0.2) is 0 Å². The summed E-state index contributed by atoms with van der Waals surface area (Å²) in [6, 6.07) is 1.54. The van der Waals surface area contributed by atoms with Gasteiger partial charge in [0, 0.05) is 31.7 Å². The summed E-state index contributed by atoms with van der Waals surface area (Å²) in [5, 5.41) is 23.5. The summed E-state index contributed by atoms with van der Waals surface area (Å²) in [5.74, 6) is 0.355. The van der Waals surface area contributed by atoms with Crippen molar-refractivity contribution in [3.8, 4) is 5.88 Å². The first-order valence-corrected chi connectivity index (χ1v) is 9.77. The number of nitrogens with zero attached hydrogens (tertiary/aromatic N) is 4. The van der Waals surface area contributed by atoms with E-state index in [0.717, 1.165) is 19.6 Å². The number of aromatic nitrogens is 1. The predicted molar refractivity (Wildman–Crippen MR) is 103 cm³/mol. The minimum atomic E-state index is -0.933. The van der Waals surface area contributed by atoms with Gasteiger partial charge >= 0.3 is 11.8 Å². The zero-order valence-electron chi connectivity index (χ0n) is 15.9. The van der Waals surface area contributed by atoms with Crippen molar-refractivity contribution >= 4 is 17.5 Å². The molecule has 1 amide bonds. The number of hydrogen-bond donors (Lipinski definition) is 2. The van der Waals surface area contributed by atoms with E-state index in [2.05, 4.69) is 15.2 Å². The van der Waals surface area contributed by atoms with Crippen molar-refractivity contribution in [1.82, 2.24) is 14.8 Å². The van der Waals surface area contributed by atoms with Gasteiger partial charge in [-0.1, -0.05) is 6.42 Å². The molecule has 2 saturated heterocycles. The third-order valence-corrected chi connectivity index (χ3v) is 5.29. The van der Waals surface area contributed by atoms with Crippen molar-refractivity contribution < 1.29 is 19.6 Å². The van der Waals surface area contributed by atoms with E-state index >= 15 is 0 Å². The Kier molecular flexibility index (Phi) is 6.85. The van der Waals surface area contributed by atoms with Crippen LogP contribution in [0.25, 0.3) is 0 Å². The summed E-state index contributed by atoms with van der Waals surface area (Å²) in [7, 11) is 0. The highest BCUT2D eigenvalue weighted by Gasteiger charge is 2.25. The Morgan fingerprint density at radius 3 is 2.64 bits per heavy atom. The number of carbonyl (C=O) groups is 1. The molecule has 1 aromatic heterocycles. The molecule has 3 rings (SSSR count). The second kappa shape index (κ2) is 9.54. The van der Waals surface area contributed by atoms with Gasteiger partial charge in [-0.2, -0.15) is 0 Å². The molecule has 2 N–H and O–H groups in total. The van der Waals surface area contributed by atoms with Gasteiger partial charge in [0.1, 0.15) is 18.5 Å². The maximum Gasteiger partial charge on any atom is 0.407 e. The first kappa shape index (κ1) is 20.1. The summed E-state index contributed by atoms with van der Waals surface area (Å²) < 4.78 is 5.72. The zero-order valence-corrected chi connectivity index (χ0v) is 15.9. The maximum atomic E-state index is 11.3. The molecule has 2 fully saturated rings. The van der Waals surface area contributed by atoms with E-state index in [0.29, 0.717) is 44.1 Å². The third kappa shape index (κ3) is 5.44. The van der Waals surface area contributed by atoms with Gasteiger partial charge in [-0.3, -0.25) is 15.0 Å². The van der Waals surface area contributed by atoms with Crippen LogP contribution in [0.5, 0.6) is 5.88 Å². The number of nitrogens with one attached hydrogen (secondary N) is 1. The molecule has 0 spiro atoms. The molecule has 0 radical (unpaired) electrons. The highest BCUT2D eigenvalue weighted by atomic mass is 16.6. The Balaban J connectivity index is 1.58. The van der Waals surface area contributed by atoms with E-state index in [4.69, 9.17) is 9.84 Å². The molecule has 2 aliphatic heterocycles. The SMILES string of the molecule is O=C(O)N1CCC(Nc2cc(OCCN3CCCCC3)ncc2[N+](=O)[O-])CC1. The quantitative estimate of drug-likeness (QED) is 0.535. The van der Waals surface area contributed by atoms with Gasteiger partial charge in [-0.25, -0.2) is 9.78 Å². The fraction of sp³-hybridized carbons (Fsp3) is 0.667. The van der Waals surface area contributed by atoms with Crippen LogP contribution in [0.4, 0.5) is 16.2 Å². The molecular formula is C18H27N5O5. The molecule has 0 saturated carbocycles. The van der Waals surface area contributed by atoms with Crippen molar-refractivity contribution in [3.63, 3.8) is 0 Å². The second-order valence-electron chi connectivity index (χ2n) is 7.24. The van der Waals surface area contributed by atoms with Crippen LogP contribution in [0.1, 0.15) is 32.1 Å². The second-order valence-corrected chi connectivity index (χ2v) is 7.24. The van der Waals surface area contributed by atoms with Crippen LogP contribution in [0.15, 0.2) is 12.3 Å². The van der Waals surface area contributed by atoms with Crippen molar-refractivity contribution in [1.29, 1.82) is 0 Å². The molecule has 0 bridgehead atoms. The molecule has 28 heavy (non-hydrogen) atoms. The molecule has 154 valence electrons. The van der Waals surface area contributed by atoms with Crippen LogP contribution in [-0.2, 0) is 0 Å². The molecule has 0 unspecified atom stereocenters. The Bertz CT molecular complexity index is 687. The van der Waals surface area contributed by atoms with E-state index in [9.17, 15) is 14.9 Å². The fourth-order valence-electron chi connectivity index (χ4n) is 3.67. The highest BCUT2D eigenvalue weighted by Crippen LogP contribution is 2.29. The number of hydrogen-bond acceptors (Lipinski definition) is 7. The van der Waals surface area contributed by atoms with E-state index in [1.807, 2.05) is 0 Å². The summed E-state index contributed by atoms with van der Waals surface area (Å²) in [4.78, 5) is 29.6. The van der Waals surface area contributed by atoms with E-state index in [1.165, 1.54) is 30.4 Å². The monoisotopic (exact) mass is 393 g/mol. The summed E-state index contributed by atoms with van der Waals surface area (Å²) >= 11 is 0. The summed E-state index contributed by atoms with van der Waals surface area (Å²) in [6.45, 7) is 4.28. The van der Waals surface area contributed by atoms with Gasteiger partial charge < -0.3 is 20.1 Å². The smallest absolute Gasteiger partial charge is 0.407 e. The number of ether oxygens (including phenoxy) is 1. The number of likely N-dealkylation sites (tertiary alicyclic amines) is 2. The summed E-state index contributed by atoms with van der Waals surface area (Å²) in [5.41, 5.74) is 0.255. The van der Waals surface area contributed by atoms with Crippen molar-refractivity contribution in [2.24, 2.45) is 0 Å². The van der Waals surface area contributed by atoms with Crippen molar-refractivity contribution in [2.75, 3.05) is 44.6 Å². The fourth-order valence-corrected chi connectivity index (χ4v) is 3.67. The van der Waals surface area contributed by atoms with Crippen LogP contribution in [0.3, 0.4) is 0 Å². The number of nitro groups is 1. The predicted octanol–water partition coefficient (Wildman–Crippen LogP) is 2.41. The normalized spacial score (nSPS) is 18.6. The van der Waals surface area contributed by atoms with E-state index in [-0.39, 0.29) is 11.7 Å². The number of anilines is 1. The molecule has 0 aromatic carbocycles. The van der Waals surface area contributed by atoms with Crippen LogP contribution in [-0.4, -0.2) is 76.3 Å². The van der Waals surface area contributed by atoms with Gasteiger partial charge in [0.05, 0.1) is 4.92 Å². The number of amides is 1. The topological polar surface area (TPSA) is 121 Å². The highest BCUT2D eigenvalue weighted by molar-refractivity contribution is 5.65. The van der Waals surface area contributed by atoms with E-state index in [1.54, 1.807) is 6.07 Å². The molecule has 3 heterocycles. The average molecular weight is 393 g/mol. The van der Waals surface area contributed by atoms with Crippen LogP contribution in [0, 0.1) is 10.1 Å². The molecule has 0 atom stereocenters. The Morgan fingerprint density at radius 2 is 2.00 bits per heavy atom. The number of pyridine rings is 1.